The Labute approximate surface area is 196 Å². The number of benzene rings is 1. The molecule has 1 fully saturated rings. The molecule has 3 nitrogen and oxygen atoms in total. The molecule has 17 heteroatoms. The van der Waals surface area contributed by atoms with Gasteiger partial charge in [0.25, 0.3) is 0 Å². The van der Waals surface area contributed by atoms with Crippen molar-refractivity contribution >= 4 is 10.0 Å². The van der Waals surface area contributed by atoms with Gasteiger partial charge in [-0.15, -0.1) is 0 Å². The van der Waals surface area contributed by atoms with E-state index in [1.807, 2.05) is 0 Å². The zero-order valence-electron chi connectivity index (χ0n) is 18.2. The third-order valence-electron chi connectivity index (χ3n) is 6.02. The van der Waals surface area contributed by atoms with E-state index in [1.165, 1.54) is 18.2 Å². The molecule has 0 amide bonds. The van der Waals surface area contributed by atoms with Gasteiger partial charge in [0.1, 0.15) is 0 Å². The number of hydrogen-bond donors (Lipinski definition) is 0. The molecule has 1 saturated heterocycles. The van der Waals surface area contributed by atoms with E-state index >= 15 is 0 Å². The smallest absolute Gasteiger partial charge is 0.207 e. The predicted octanol–water partition coefficient (Wildman–Crippen LogP) is 6.60. The van der Waals surface area contributed by atoms with E-state index in [-0.39, 0.29) is 10.7 Å². The van der Waals surface area contributed by atoms with Crippen molar-refractivity contribution in [2.24, 2.45) is 5.41 Å². The number of sulfonamides is 1. The summed E-state index contributed by atoms with van der Waals surface area (Å²) in [7, 11) is -4.73. The highest BCUT2D eigenvalue weighted by Gasteiger charge is 2.90. The van der Waals surface area contributed by atoms with Crippen LogP contribution in [0.3, 0.4) is 0 Å². The Morgan fingerprint density at radius 2 is 1.22 bits per heavy atom. The minimum atomic E-state index is -8.01. The summed E-state index contributed by atoms with van der Waals surface area (Å²) in [5.41, 5.74) is -1.66. The largest absolute Gasteiger partial charge is 0.460 e. The summed E-state index contributed by atoms with van der Waals surface area (Å²) < 4.78 is 201. The fourth-order valence-corrected chi connectivity index (χ4v) is 5.48. The Bertz CT molecular complexity index is 1050. The first-order chi connectivity index (χ1) is 15.8. The number of nitrogens with zero attached hydrogens (tertiary/aromatic N) is 1. The van der Waals surface area contributed by atoms with Crippen LogP contribution in [0.4, 0.5) is 57.1 Å². The van der Waals surface area contributed by atoms with E-state index in [4.69, 9.17) is 0 Å². The zero-order valence-corrected chi connectivity index (χ0v) is 19.0. The number of halogens is 13. The highest BCUT2D eigenvalue weighted by atomic mass is 32.2. The van der Waals surface area contributed by atoms with E-state index in [0.29, 0.717) is 0 Å². The lowest BCUT2D eigenvalue weighted by Crippen LogP contribution is -2.70. The summed E-state index contributed by atoms with van der Waals surface area (Å²) in [5, 5.41) is 0. The Morgan fingerprint density at radius 1 is 0.778 bits per heavy atom. The van der Waals surface area contributed by atoms with Crippen LogP contribution < -0.4 is 0 Å². The van der Waals surface area contributed by atoms with Gasteiger partial charge < -0.3 is 0 Å². The average molecular weight is 571 g/mol. The molecule has 0 N–H and O–H groups in total. The van der Waals surface area contributed by atoms with Gasteiger partial charge in [-0.3, -0.25) is 0 Å². The first-order valence-electron chi connectivity index (χ1n) is 9.82. The van der Waals surface area contributed by atoms with Crippen molar-refractivity contribution in [3.8, 4) is 0 Å². The van der Waals surface area contributed by atoms with Crippen molar-refractivity contribution in [3.63, 3.8) is 0 Å². The van der Waals surface area contributed by atoms with Gasteiger partial charge in [-0.05, 0) is 24.0 Å². The van der Waals surface area contributed by atoms with Crippen LogP contribution in [-0.4, -0.2) is 61.1 Å². The summed E-state index contributed by atoms with van der Waals surface area (Å²) in [4.78, 5) is -0.524. The molecule has 36 heavy (non-hydrogen) atoms. The molecule has 1 aliphatic rings. The summed E-state index contributed by atoms with van der Waals surface area (Å²) in [5.74, 6) is -37.6. The Balaban J connectivity index is 2.54. The lowest BCUT2D eigenvalue weighted by Gasteiger charge is -2.42. The zero-order chi connectivity index (χ0) is 28.4. The number of alkyl halides is 13. The summed E-state index contributed by atoms with van der Waals surface area (Å²) in [6, 6.07) is 3.47. The number of hydrogen-bond acceptors (Lipinski definition) is 2. The van der Waals surface area contributed by atoms with Crippen molar-refractivity contribution in [2.75, 3.05) is 6.54 Å². The van der Waals surface area contributed by atoms with E-state index < -0.39 is 75.1 Å². The van der Waals surface area contributed by atoms with Crippen molar-refractivity contribution in [1.82, 2.24) is 4.31 Å². The standard InChI is InChI=1S/C19H18F13NO2S/c1-13(2)8-9-33(36(34,35)11-6-4-3-5-7-11)12(13)10-14(20,21)15(22,23)16(24,25)17(26,27)18(28,29)19(30,31)32/h3-7,12H,8-10H2,1-2H3. The van der Waals surface area contributed by atoms with E-state index in [1.54, 1.807) is 0 Å². The summed E-state index contributed by atoms with van der Waals surface area (Å²) in [6.07, 6.45) is -10.4. The second-order valence-electron chi connectivity index (χ2n) is 8.89. The third-order valence-corrected chi connectivity index (χ3v) is 7.95. The SMILES string of the molecule is CC1(C)CCN(S(=O)(=O)c2ccccc2)C1CC(F)(F)C(F)(F)C(F)(F)C(F)(F)C(F)(F)C(F)(F)F. The van der Waals surface area contributed by atoms with Crippen molar-refractivity contribution in [3.05, 3.63) is 30.3 Å². The molecular formula is C19H18F13NO2S. The first kappa shape index (κ1) is 30.4. The molecule has 0 bridgehead atoms. The molecule has 0 aliphatic carbocycles. The molecule has 1 aliphatic heterocycles. The van der Waals surface area contributed by atoms with Crippen molar-refractivity contribution in [2.45, 2.75) is 73.4 Å². The first-order valence-corrected chi connectivity index (χ1v) is 11.3. The van der Waals surface area contributed by atoms with Crippen molar-refractivity contribution in [1.29, 1.82) is 0 Å². The Hall–Kier alpha value is -1.78. The van der Waals surface area contributed by atoms with Gasteiger partial charge in [0, 0.05) is 19.0 Å². The second kappa shape index (κ2) is 8.63. The molecule has 1 heterocycles. The highest BCUT2D eigenvalue weighted by Crippen LogP contribution is 2.61. The maximum atomic E-state index is 14.6. The van der Waals surface area contributed by atoms with Crippen LogP contribution in [0.25, 0.3) is 0 Å². The fourth-order valence-electron chi connectivity index (χ4n) is 3.68. The second-order valence-corrected chi connectivity index (χ2v) is 10.8. The van der Waals surface area contributed by atoms with E-state index in [0.717, 1.165) is 26.0 Å². The minimum absolute atomic E-state index is 0.243. The van der Waals surface area contributed by atoms with Gasteiger partial charge in [-0.25, -0.2) is 8.42 Å². The Morgan fingerprint density at radius 3 is 1.67 bits per heavy atom. The van der Waals surface area contributed by atoms with Crippen LogP contribution in [0.5, 0.6) is 0 Å². The van der Waals surface area contributed by atoms with Crippen LogP contribution in [-0.2, 0) is 10.0 Å². The van der Waals surface area contributed by atoms with Gasteiger partial charge in [-0.1, -0.05) is 32.0 Å². The van der Waals surface area contributed by atoms with E-state index in [9.17, 15) is 65.5 Å². The average Bonchev–Trinajstić information content (AvgIpc) is 3.01. The van der Waals surface area contributed by atoms with Gasteiger partial charge >= 0.3 is 35.8 Å². The lowest BCUT2D eigenvalue weighted by molar-refractivity contribution is -0.440. The maximum absolute atomic E-state index is 14.6. The molecule has 0 saturated carbocycles. The fraction of sp³-hybridized carbons (Fsp3) is 0.684. The van der Waals surface area contributed by atoms with Crippen LogP contribution in [0.2, 0.25) is 0 Å². The maximum Gasteiger partial charge on any atom is 0.460 e. The van der Waals surface area contributed by atoms with Crippen LogP contribution in [0.15, 0.2) is 35.2 Å². The molecular weight excluding hydrogens is 553 g/mol. The summed E-state index contributed by atoms with van der Waals surface area (Å²) in [6.45, 7) is 1.53. The van der Waals surface area contributed by atoms with Gasteiger partial charge in [0.15, 0.2) is 0 Å². The highest BCUT2D eigenvalue weighted by molar-refractivity contribution is 7.89. The molecule has 0 spiro atoms. The number of rotatable bonds is 8. The van der Waals surface area contributed by atoms with Gasteiger partial charge in [-0.2, -0.15) is 61.4 Å². The Kier molecular flexibility index (Phi) is 7.30. The lowest BCUT2D eigenvalue weighted by atomic mass is 9.80. The van der Waals surface area contributed by atoms with Crippen molar-refractivity contribution < 1.29 is 65.5 Å². The van der Waals surface area contributed by atoms with Gasteiger partial charge in [0.2, 0.25) is 10.0 Å². The normalized spacial score (nSPS) is 21.1. The predicted molar refractivity (Wildman–Crippen MR) is 97.9 cm³/mol. The monoisotopic (exact) mass is 571 g/mol. The molecule has 0 radical (unpaired) electrons. The molecule has 1 aromatic rings. The molecule has 0 aromatic heterocycles. The molecule has 208 valence electrons. The van der Waals surface area contributed by atoms with Crippen LogP contribution in [0.1, 0.15) is 26.7 Å². The van der Waals surface area contributed by atoms with Gasteiger partial charge in [0.05, 0.1) is 4.90 Å². The molecule has 1 unspecified atom stereocenters. The van der Waals surface area contributed by atoms with Crippen LogP contribution in [0, 0.1) is 5.41 Å². The molecule has 1 aromatic carbocycles. The minimum Gasteiger partial charge on any atom is -0.207 e. The topological polar surface area (TPSA) is 37.4 Å². The van der Waals surface area contributed by atoms with E-state index in [2.05, 4.69) is 0 Å². The molecule has 1 atom stereocenters. The van der Waals surface area contributed by atoms with Crippen LogP contribution >= 0.6 is 0 Å². The third kappa shape index (κ3) is 4.43. The summed E-state index contributed by atoms with van der Waals surface area (Å²) >= 11 is 0. The molecule has 2 rings (SSSR count). The quantitative estimate of drug-likeness (QED) is 0.330.